The van der Waals surface area contributed by atoms with Gasteiger partial charge >= 0.3 is 12.1 Å². The maximum absolute atomic E-state index is 12.4. The van der Waals surface area contributed by atoms with Crippen LogP contribution in [0.4, 0.5) is 4.79 Å². The number of piperidine rings is 1. The summed E-state index contributed by atoms with van der Waals surface area (Å²) in [6.45, 7) is 7.78. The molecule has 0 N–H and O–H groups in total. The normalized spacial score (nSPS) is 29.2. The number of amides is 1. The van der Waals surface area contributed by atoms with Crippen LogP contribution < -0.4 is 0 Å². The van der Waals surface area contributed by atoms with E-state index in [1.54, 1.807) is 4.90 Å². The van der Waals surface area contributed by atoms with Gasteiger partial charge in [0.15, 0.2) is 0 Å². The van der Waals surface area contributed by atoms with E-state index in [4.69, 9.17) is 9.47 Å². The number of ether oxygens (including phenoxy) is 2. The molecule has 2 rings (SSSR count). The van der Waals surface area contributed by atoms with Crippen LogP contribution in [-0.2, 0) is 14.3 Å². The minimum atomic E-state index is -0.507. The van der Waals surface area contributed by atoms with Crippen molar-refractivity contribution in [3.05, 3.63) is 0 Å². The van der Waals surface area contributed by atoms with Gasteiger partial charge in [-0.1, -0.05) is 0 Å². The molecule has 0 aliphatic carbocycles. The first kappa shape index (κ1) is 15.1. The van der Waals surface area contributed by atoms with Gasteiger partial charge in [0.05, 0.1) is 12.5 Å². The van der Waals surface area contributed by atoms with Crippen LogP contribution in [0.2, 0.25) is 0 Å². The number of rotatable bonds is 2. The molecule has 20 heavy (non-hydrogen) atoms. The van der Waals surface area contributed by atoms with E-state index in [0.717, 1.165) is 25.7 Å². The fourth-order valence-corrected chi connectivity index (χ4v) is 3.28. The zero-order chi connectivity index (χ0) is 14.9. The van der Waals surface area contributed by atoms with E-state index < -0.39 is 5.60 Å². The molecule has 3 atom stereocenters. The van der Waals surface area contributed by atoms with Crippen LogP contribution in [0.3, 0.4) is 0 Å². The van der Waals surface area contributed by atoms with E-state index in [-0.39, 0.29) is 30.1 Å². The molecule has 0 spiro atoms. The third-order valence-corrected chi connectivity index (χ3v) is 4.02. The molecule has 2 bridgehead atoms. The van der Waals surface area contributed by atoms with Crippen molar-refractivity contribution in [2.45, 2.75) is 71.1 Å². The lowest BCUT2D eigenvalue weighted by molar-refractivity contribution is -0.151. The van der Waals surface area contributed by atoms with Crippen molar-refractivity contribution in [2.24, 2.45) is 5.92 Å². The molecule has 5 nitrogen and oxygen atoms in total. The number of carbonyl (C=O) groups excluding carboxylic acids is 2. The highest BCUT2D eigenvalue weighted by Gasteiger charge is 2.49. The van der Waals surface area contributed by atoms with E-state index in [0.29, 0.717) is 6.61 Å². The van der Waals surface area contributed by atoms with Gasteiger partial charge in [0.1, 0.15) is 5.60 Å². The molecule has 2 fully saturated rings. The Bertz CT molecular complexity index is 388. The van der Waals surface area contributed by atoms with Crippen LogP contribution in [-0.4, -0.2) is 41.3 Å². The fourth-order valence-electron chi connectivity index (χ4n) is 3.28. The summed E-state index contributed by atoms with van der Waals surface area (Å²) in [6.07, 6.45) is 3.21. The van der Waals surface area contributed by atoms with Crippen molar-refractivity contribution < 1.29 is 19.1 Å². The molecule has 0 saturated carbocycles. The Hall–Kier alpha value is -1.26. The Morgan fingerprint density at radius 2 is 1.80 bits per heavy atom. The molecule has 2 heterocycles. The zero-order valence-corrected chi connectivity index (χ0v) is 12.8. The predicted octanol–water partition coefficient (Wildman–Crippen LogP) is 2.73. The highest BCUT2D eigenvalue weighted by molar-refractivity contribution is 5.76. The number of carbonyl (C=O) groups is 2. The summed E-state index contributed by atoms with van der Waals surface area (Å²) in [5.41, 5.74) is -0.507. The third-order valence-electron chi connectivity index (χ3n) is 4.02. The van der Waals surface area contributed by atoms with Crippen molar-refractivity contribution >= 4 is 12.1 Å². The van der Waals surface area contributed by atoms with Crippen LogP contribution in [0.1, 0.15) is 53.4 Å². The lowest BCUT2D eigenvalue weighted by Crippen LogP contribution is -2.51. The molecule has 0 radical (unpaired) electrons. The summed E-state index contributed by atoms with van der Waals surface area (Å²) in [5, 5.41) is 0. The van der Waals surface area contributed by atoms with E-state index >= 15 is 0 Å². The Labute approximate surface area is 120 Å². The van der Waals surface area contributed by atoms with Crippen molar-refractivity contribution in [1.82, 2.24) is 4.90 Å². The summed E-state index contributed by atoms with van der Waals surface area (Å²) in [7, 11) is 0. The second-order valence-corrected chi connectivity index (χ2v) is 6.62. The SMILES string of the molecule is CCOC(=O)C1CCC2CCC1N2C(=O)OC(C)(C)C. The van der Waals surface area contributed by atoms with Gasteiger partial charge in [-0.15, -0.1) is 0 Å². The fraction of sp³-hybridized carbons (Fsp3) is 0.867. The van der Waals surface area contributed by atoms with Crippen LogP contribution in [0.15, 0.2) is 0 Å². The van der Waals surface area contributed by atoms with Gasteiger partial charge in [-0.3, -0.25) is 4.79 Å². The third kappa shape index (κ3) is 3.07. The van der Waals surface area contributed by atoms with Gasteiger partial charge in [0.2, 0.25) is 0 Å². The molecule has 2 aliphatic rings. The first-order chi connectivity index (χ1) is 9.33. The lowest BCUT2D eigenvalue weighted by atomic mass is 9.90. The van der Waals surface area contributed by atoms with Gasteiger partial charge in [-0.2, -0.15) is 0 Å². The molecule has 2 aliphatic heterocycles. The first-order valence-corrected chi connectivity index (χ1v) is 7.51. The summed E-state index contributed by atoms with van der Waals surface area (Å²) in [4.78, 5) is 26.2. The van der Waals surface area contributed by atoms with E-state index in [2.05, 4.69) is 0 Å². The number of hydrogen-bond donors (Lipinski definition) is 0. The number of esters is 1. The topological polar surface area (TPSA) is 55.8 Å². The molecular weight excluding hydrogens is 258 g/mol. The molecular formula is C15H25NO4. The van der Waals surface area contributed by atoms with Crippen LogP contribution in [0, 0.1) is 5.92 Å². The number of fused-ring (bicyclic) bond motifs is 2. The minimum Gasteiger partial charge on any atom is -0.466 e. The molecule has 0 aromatic heterocycles. The van der Waals surface area contributed by atoms with Gasteiger partial charge in [0.25, 0.3) is 0 Å². The highest BCUT2D eigenvalue weighted by Crippen LogP contribution is 2.40. The zero-order valence-electron chi connectivity index (χ0n) is 12.8. The molecule has 114 valence electrons. The molecule has 0 aromatic carbocycles. The van der Waals surface area contributed by atoms with Gasteiger partial charge < -0.3 is 14.4 Å². The number of hydrogen-bond acceptors (Lipinski definition) is 4. The number of nitrogens with zero attached hydrogens (tertiary/aromatic N) is 1. The van der Waals surface area contributed by atoms with Crippen LogP contribution in [0.5, 0.6) is 0 Å². The predicted molar refractivity (Wildman–Crippen MR) is 74.2 cm³/mol. The van der Waals surface area contributed by atoms with Crippen molar-refractivity contribution in [2.75, 3.05) is 6.61 Å². The second-order valence-electron chi connectivity index (χ2n) is 6.62. The maximum atomic E-state index is 12.4. The first-order valence-electron chi connectivity index (χ1n) is 7.51. The Morgan fingerprint density at radius 3 is 2.40 bits per heavy atom. The van der Waals surface area contributed by atoms with Gasteiger partial charge in [-0.25, -0.2) is 4.79 Å². The molecule has 2 saturated heterocycles. The largest absolute Gasteiger partial charge is 0.466 e. The lowest BCUT2D eigenvalue weighted by Gasteiger charge is -2.39. The molecule has 5 heteroatoms. The average molecular weight is 283 g/mol. The van der Waals surface area contributed by atoms with E-state index in [9.17, 15) is 9.59 Å². The monoisotopic (exact) mass is 283 g/mol. The van der Waals surface area contributed by atoms with Crippen LogP contribution >= 0.6 is 0 Å². The quantitative estimate of drug-likeness (QED) is 0.731. The highest BCUT2D eigenvalue weighted by atomic mass is 16.6. The molecule has 1 amide bonds. The van der Waals surface area contributed by atoms with Crippen LogP contribution in [0.25, 0.3) is 0 Å². The van der Waals surface area contributed by atoms with E-state index in [1.165, 1.54) is 0 Å². The smallest absolute Gasteiger partial charge is 0.410 e. The summed E-state index contributed by atoms with van der Waals surface area (Å²) >= 11 is 0. The standard InChI is InChI=1S/C15H25NO4/c1-5-19-13(17)11-8-6-10-7-9-12(11)16(10)14(18)20-15(2,3)4/h10-12H,5-9H2,1-4H3. The maximum Gasteiger partial charge on any atom is 0.410 e. The summed E-state index contributed by atoms with van der Waals surface area (Å²) in [6, 6.07) is 0.170. The Morgan fingerprint density at radius 1 is 1.15 bits per heavy atom. The van der Waals surface area contributed by atoms with Crippen molar-refractivity contribution in [3.63, 3.8) is 0 Å². The minimum absolute atomic E-state index is 0.0531. The molecule has 0 aromatic rings. The van der Waals surface area contributed by atoms with Gasteiger partial charge in [-0.05, 0) is 53.4 Å². The average Bonchev–Trinajstić information content (AvgIpc) is 2.62. The Kier molecular flexibility index (Phi) is 4.25. The van der Waals surface area contributed by atoms with Crippen molar-refractivity contribution in [1.29, 1.82) is 0 Å². The van der Waals surface area contributed by atoms with Gasteiger partial charge in [0, 0.05) is 12.1 Å². The second kappa shape index (κ2) is 5.62. The Balaban J connectivity index is 2.10. The summed E-state index contributed by atoms with van der Waals surface area (Å²) in [5.74, 6) is -0.368. The molecule has 3 unspecified atom stereocenters. The van der Waals surface area contributed by atoms with Crippen molar-refractivity contribution in [3.8, 4) is 0 Å². The summed E-state index contributed by atoms with van der Waals surface area (Å²) < 4.78 is 10.6. The van der Waals surface area contributed by atoms with E-state index in [1.807, 2.05) is 27.7 Å².